The van der Waals surface area contributed by atoms with Crippen molar-refractivity contribution in [1.82, 2.24) is 4.57 Å². The third-order valence-corrected chi connectivity index (χ3v) is 3.49. The highest BCUT2D eigenvalue weighted by Crippen LogP contribution is 2.54. The second kappa shape index (κ2) is 2.59. The van der Waals surface area contributed by atoms with Crippen LogP contribution in [0.25, 0.3) is 5.70 Å². The molecule has 1 fully saturated rings. The van der Waals surface area contributed by atoms with Gasteiger partial charge in [-0.2, -0.15) is 0 Å². The number of hydrogen-bond acceptors (Lipinski definition) is 1. The Morgan fingerprint density at radius 2 is 2.07 bits per heavy atom. The number of pyridine rings is 1. The van der Waals surface area contributed by atoms with Crippen LogP contribution in [0.2, 0.25) is 0 Å². The summed E-state index contributed by atoms with van der Waals surface area (Å²) in [6.07, 6.45) is 9.23. The van der Waals surface area contributed by atoms with Crippen molar-refractivity contribution < 1.29 is 0 Å². The van der Waals surface area contributed by atoms with Crippen LogP contribution in [0.3, 0.4) is 0 Å². The molecule has 1 aromatic rings. The van der Waals surface area contributed by atoms with E-state index in [-0.39, 0.29) is 5.56 Å². The van der Waals surface area contributed by atoms with E-state index in [2.05, 4.69) is 6.08 Å². The third kappa shape index (κ3) is 0.999. The van der Waals surface area contributed by atoms with Crippen LogP contribution >= 0.6 is 0 Å². The lowest BCUT2D eigenvalue weighted by atomic mass is 9.60. The van der Waals surface area contributed by atoms with Gasteiger partial charge in [0.25, 0.3) is 5.56 Å². The van der Waals surface area contributed by atoms with E-state index in [1.165, 1.54) is 25.0 Å². The van der Waals surface area contributed by atoms with Crippen molar-refractivity contribution in [2.75, 3.05) is 0 Å². The minimum absolute atomic E-state index is 0.0907. The third-order valence-electron chi connectivity index (χ3n) is 3.49. The number of nitrogens with zero attached hydrogens (tertiary/aromatic N) is 1. The number of allylic oxidation sites excluding steroid dienone is 2. The first-order valence-electron chi connectivity index (χ1n) is 5.19. The van der Waals surface area contributed by atoms with Gasteiger partial charge < -0.3 is 0 Å². The summed E-state index contributed by atoms with van der Waals surface area (Å²) in [5.74, 6) is 0. The van der Waals surface area contributed by atoms with E-state index in [1.807, 2.05) is 12.3 Å². The Kier molecular flexibility index (Phi) is 1.49. The van der Waals surface area contributed by atoms with Crippen LogP contribution in [0.5, 0.6) is 0 Å². The summed E-state index contributed by atoms with van der Waals surface area (Å²) < 4.78 is 1.77. The minimum atomic E-state index is 0.0907. The molecule has 0 aromatic carbocycles. The zero-order chi connectivity index (χ0) is 9.60. The van der Waals surface area contributed by atoms with E-state index in [0.29, 0.717) is 5.41 Å². The van der Waals surface area contributed by atoms with Crippen LogP contribution in [-0.4, -0.2) is 4.57 Å². The molecule has 2 aliphatic carbocycles. The first-order valence-corrected chi connectivity index (χ1v) is 5.19. The Morgan fingerprint density at radius 3 is 2.64 bits per heavy atom. The molecule has 0 radical (unpaired) electrons. The lowest BCUT2D eigenvalue weighted by Gasteiger charge is -2.47. The number of aromatic nitrogens is 1. The average molecular weight is 187 g/mol. The molecule has 1 heterocycles. The van der Waals surface area contributed by atoms with Gasteiger partial charge in [-0.25, -0.2) is 0 Å². The number of hydrogen-bond donors (Lipinski definition) is 0. The summed E-state index contributed by atoms with van der Waals surface area (Å²) in [4.78, 5) is 11.5. The molecule has 2 aliphatic rings. The van der Waals surface area contributed by atoms with Crippen LogP contribution in [0.4, 0.5) is 0 Å². The molecule has 2 heteroatoms. The fraction of sp³-hybridized carbons (Fsp3) is 0.417. The van der Waals surface area contributed by atoms with Gasteiger partial charge in [0.1, 0.15) is 0 Å². The van der Waals surface area contributed by atoms with Crippen molar-refractivity contribution >= 4 is 5.70 Å². The summed E-state index contributed by atoms with van der Waals surface area (Å²) in [5.41, 5.74) is 1.77. The predicted molar refractivity (Wildman–Crippen MR) is 55.9 cm³/mol. The summed E-state index contributed by atoms with van der Waals surface area (Å²) in [5, 5.41) is 0. The maximum Gasteiger partial charge on any atom is 0.254 e. The van der Waals surface area contributed by atoms with E-state index in [1.54, 1.807) is 16.7 Å². The van der Waals surface area contributed by atoms with Gasteiger partial charge in [-0.3, -0.25) is 9.36 Å². The van der Waals surface area contributed by atoms with Gasteiger partial charge >= 0.3 is 0 Å². The molecule has 3 rings (SSSR count). The SMILES string of the molecule is O=c1ccccn1C1=CC2(CCC2)C1. The molecule has 0 aliphatic heterocycles. The van der Waals surface area contributed by atoms with Gasteiger partial charge in [-0.05, 0) is 30.7 Å². The summed E-state index contributed by atoms with van der Waals surface area (Å²) >= 11 is 0. The molecule has 14 heavy (non-hydrogen) atoms. The van der Waals surface area contributed by atoms with Gasteiger partial charge in [0, 0.05) is 18.0 Å². The maximum absolute atomic E-state index is 11.5. The Labute approximate surface area is 82.9 Å². The molecule has 0 N–H and O–H groups in total. The molecule has 0 saturated heterocycles. The van der Waals surface area contributed by atoms with Crippen molar-refractivity contribution in [2.24, 2.45) is 5.41 Å². The fourth-order valence-corrected chi connectivity index (χ4v) is 2.46. The van der Waals surface area contributed by atoms with E-state index in [9.17, 15) is 4.79 Å². The van der Waals surface area contributed by atoms with E-state index in [0.717, 1.165) is 6.42 Å². The average Bonchev–Trinajstić information content (AvgIpc) is 2.03. The highest BCUT2D eigenvalue weighted by molar-refractivity contribution is 5.57. The van der Waals surface area contributed by atoms with Gasteiger partial charge in [0.2, 0.25) is 0 Å². The fourth-order valence-electron chi connectivity index (χ4n) is 2.46. The zero-order valence-electron chi connectivity index (χ0n) is 8.07. The van der Waals surface area contributed by atoms with E-state index >= 15 is 0 Å². The predicted octanol–water partition coefficient (Wildman–Crippen LogP) is 2.26. The first kappa shape index (κ1) is 8.04. The topological polar surface area (TPSA) is 22.0 Å². The molecule has 2 nitrogen and oxygen atoms in total. The Hall–Kier alpha value is -1.31. The van der Waals surface area contributed by atoms with Crippen molar-refractivity contribution in [3.8, 4) is 0 Å². The second-order valence-corrected chi connectivity index (χ2v) is 4.44. The summed E-state index contributed by atoms with van der Waals surface area (Å²) in [7, 11) is 0. The number of rotatable bonds is 1. The van der Waals surface area contributed by atoms with Crippen LogP contribution in [-0.2, 0) is 0 Å². The summed E-state index contributed by atoms with van der Waals surface area (Å²) in [6.45, 7) is 0. The molecule has 0 bridgehead atoms. The van der Waals surface area contributed by atoms with Crippen molar-refractivity contribution in [2.45, 2.75) is 25.7 Å². The van der Waals surface area contributed by atoms with Crippen LogP contribution in [0.15, 0.2) is 35.3 Å². The Balaban J connectivity index is 1.96. The first-order chi connectivity index (χ1) is 6.79. The van der Waals surface area contributed by atoms with Crippen molar-refractivity contribution in [3.63, 3.8) is 0 Å². The van der Waals surface area contributed by atoms with Gasteiger partial charge in [0.05, 0.1) is 0 Å². The van der Waals surface area contributed by atoms with Crippen molar-refractivity contribution in [3.05, 3.63) is 40.8 Å². The largest absolute Gasteiger partial charge is 0.288 e. The Bertz CT molecular complexity index is 451. The molecule has 0 atom stereocenters. The molecule has 72 valence electrons. The molecular weight excluding hydrogens is 174 g/mol. The van der Waals surface area contributed by atoms with E-state index < -0.39 is 0 Å². The molecule has 1 aromatic heterocycles. The standard InChI is InChI=1S/C12H13NO/c14-11-4-1-2-7-13(11)10-8-12(9-10)5-3-6-12/h1-2,4,7-8H,3,5-6,9H2. The molecular formula is C12H13NO. The maximum atomic E-state index is 11.5. The van der Waals surface area contributed by atoms with Crippen LogP contribution < -0.4 is 5.56 Å². The second-order valence-electron chi connectivity index (χ2n) is 4.44. The smallest absolute Gasteiger partial charge is 0.254 e. The van der Waals surface area contributed by atoms with Gasteiger partial charge in [-0.1, -0.05) is 18.6 Å². The summed E-state index contributed by atoms with van der Waals surface area (Å²) in [6, 6.07) is 5.32. The highest BCUT2D eigenvalue weighted by Gasteiger charge is 2.42. The normalized spacial score (nSPS) is 22.4. The van der Waals surface area contributed by atoms with Crippen LogP contribution in [0, 0.1) is 5.41 Å². The van der Waals surface area contributed by atoms with Crippen LogP contribution in [0.1, 0.15) is 25.7 Å². The van der Waals surface area contributed by atoms with Crippen molar-refractivity contribution in [1.29, 1.82) is 0 Å². The molecule has 1 saturated carbocycles. The molecule has 0 amide bonds. The van der Waals surface area contributed by atoms with Gasteiger partial charge in [0.15, 0.2) is 0 Å². The molecule has 0 unspecified atom stereocenters. The molecule has 1 spiro atoms. The monoisotopic (exact) mass is 187 g/mol. The lowest BCUT2D eigenvalue weighted by Crippen LogP contribution is -2.37. The lowest BCUT2D eigenvalue weighted by molar-refractivity contribution is 0.186. The minimum Gasteiger partial charge on any atom is -0.288 e. The highest BCUT2D eigenvalue weighted by atomic mass is 16.1. The van der Waals surface area contributed by atoms with Gasteiger partial charge in [-0.15, -0.1) is 0 Å². The quantitative estimate of drug-likeness (QED) is 0.661. The Morgan fingerprint density at radius 1 is 1.29 bits per heavy atom. The van der Waals surface area contributed by atoms with E-state index in [4.69, 9.17) is 0 Å². The zero-order valence-corrected chi connectivity index (χ0v) is 8.07.